The lowest BCUT2D eigenvalue weighted by Crippen LogP contribution is -2.45. The van der Waals surface area contributed by atoms with Crippen molar-refractivity contribution in [1.29, 1.82) is 0 Å². The number of esters is 1. The van der Waals surface area contributed by atoms with Gasteiger partial charge in [0.15, 0.2) is 0 Å². The van der Waals surface area contributed by atoms with Crippen molar-refractivity contribution >= 4 is 11.9 Å². The third-order valence-corrected chi connectivity index (χ3v) is 18.3. The molecular formula is C77H151NO5. The van der Waals surface area contributed by atoms with Crippen LogP contribution in [0.5, 0.6) is 0 Å². The summed E-state index contributed by atoms with van der Waals surface area (Å²) in [5.41, 5.74) is 0. The lowest BCUT2D eigenvalue weighted by Gasteiger charge is -2.22. The summed E-state index contributed by atoms with van der Waals surface area (Å²) in [4.78, 5) is 24.6. The Labute approximate surface area is 520 Å². The molecule has 0 heterocycles. The molecule has 0 rings (SSSR count). The molecule has 0 fully saturated rings. The third kappa shape index (κ3) is 69.6. The van der Waals surface area contributed by atoms with Crippen LogP contribution in [0.15, 0.2) is 12.2 Å². The van der Waals surface area contributed by atoms with Gasteiger partial charge in [0.1, 0.15) is 0 Å². The van der Waals surface area contributed by atoms with E-state index in [4.69, 9.17) is 4.74 Å². The number of carbonyl (C=O) groups is 2. The van der Waals surface area contributed by atoms with Crippen molar-refractivity contribution in [2.24, 2.45) is 0 Å². The molecule has 494 valence electrons. The minimum Gasteiger partial charge on any atom is -0.466 e. The van der Waals surface area contributed by atoms with Gasteiger partial charge < -0.3 is 20.3 Å². The lowest BCUT2D eigenvalue weighted by molar-refractivity contribution is -0.143. The molecule has 2 atom stereocenters. The van der Waals surface area contributed by atoms with Crippen LogP contribution in [0.25, 0.3) is 0 Å². The zero-order chi connectivity index (χ0) is 59.9. The summed E-state index contributed by atoms with van der Waals surface area (Å²) in [7, 11) is 0. The Hall–Kier alpha value is -1.40. The van der Waals surface area contributed by atoms with Crippen molar-refractivity contribution in [3.63, 3.8) is 0 Å². The Morgan fingerprint density at radius 2 is 0.566 bits per heavy atom. The molecule has 1 amide bonds. The SMILES string of the molecule is CCCCCCCCCCCCCCCCCCCCC(O)C(CO)NC(=O)CCCCCCCCCCCCCCCCCCC/C=C\CCCCCCCCCCCCCCOC(=O)CCCCCCCCCCCCCCCCC. The highest BCUT2D eigenvalue weighted by Crippen LogP contribution is 2.20. The van der Waals surface area contributed by atoms with Crippen molar-refractivity contribution in [2.75, 3.05) is 13.2 Å². The van der Waals surface area contributed by atoms with Gasteiger partial charge in [-0.05, 0) is 51.4 Å². The fourth-order valence-corrected chi connectivity index (χ4v) is 12.5. The second-order valence-corrected chi connectivity index (χ2v) is 26.7. The van der Waals surface area contributed by atoms with Gasteiger partial charge in [-0.15, -0.1) is 0 Å². The molecule has 0 saturated carbocycles. The molecule has 0 aliphatic heterocycles. The topological polar surface area (TPSA) is 95.9 Å². The van der Waals surface area contributed by atoms with Gasteiger partial charge in [-0.25, -0.2) is 0 Å². The van der Waals surface area contributed by atoms with Crippen molar-refractivity contribution in [3.8, 4) is 0 Å². The maximum atomic E-state index is 12.5. The van der Waals surface area contributed by atoms with Crippen LogP contribution in [0.2, 0.25) is 0 Å². The molecule has 6 nitrogen and oxygen atoms in total. The largest absolute Gasteiger partial charge is 0.466 e. The quantitative estimate of drug-likeness (QED) is 0.0320. The van der Waals surface area contributed by atoms with Crippen molar-refractivity contribution in [1.82, 2.24) is 5.32 Å². The van der Waals surface area contributed by atoms with Crippen LogP contribution in [0.1, 0.15) is 444 Å². The summed E-state index contributed by atoms with van der Waals surface area (Å²) < 4.78 is 5.50. The van der Waals surface area contributed by atoms with Crippen LogP contribution >= 0.6 is 0 Å². The van der Waals surface area contributed by atoms with Gasteiger partial charge in [0, 0.05) is 12.8 Å². The van der Waals surface area contributed by atoms with Gasteiger partial charge in [-0.1, -0.05) is 392 Å². The predicted octanol–water partition coefficient (Wildman–Crippen LogP) is 25.1. The van der Waals surface area contributed by atoms with Gasteiger partial charge in [-0.3, -0.25) is 9.59 Å². The number of rotatable bonds is 73. The Kier molecular flexibility index (Phi) is 71.8. The molecule has 2 unspecified atom stereocenters. The van der Waals surface area contributed by atoms with E-state index in [9.17, 15) is 19.8 Å². The normalized spacial score (nSPS) is 12.5. The first-order valence-corrected chi connectivity index (χ1v) is 38.4. The Morgan fingerprint density at radius 1 is 0.325 bits per heavy atom. The van der Waals surface area contributed by atoms with Gasteiger partial charge in [0.2, 0.25) is 5.91 Å². The average Bonchev–Trinajstić information content (AvgIpc) is 3.49. The number of unbranched alkanes of at least 4 members (excludes halogenated alkanes) is 60. The minimum atomic E-state index is -0.662. The second-order valence-electron chi connectivity index (χ2n) is 26.7. The Balaban J connectivity index is 3.33. The van der Waals surface area contributed by atoms with Crippen molar-refractivity contribution < 1.29 is 24.5 Å². The van der Waals surface area contributed by atoms with E-state index in [0.717, 1.165) is 38.5 Å². The lowest BCUT2D eigenvalue weighted by atomic mass is 10.0. The van der Waals surface area contributed by atoms with Gasteiger partial charge >= 0.3 is 5.97 Å². The maximum absolute atomic E-state index is 12.5. The molecule has 0 radical (unpaired) electrons. The summed E-state index contributed by atoms with van der Waals surface area (Å²) in [6.45, 7) is 5.01. The Bertz CT molecular complexity index is 1260. The first kappa shape index (κ1) is 81.6. The molecule has 0 aliphatic carbocycles. The monoisotopic (exact) mass is 1170 g/mol. The molecule has 6 heteroatoms. The Morgan fingerprint density at radius 3 is 0.855 bits per heavy atom. The molecule has 0 aromatic rings. The molecular weight excluding hydrogens is 1020 g/mol. The molecule has 0 bridgehead atoms. The number of amides is 1. The molecule has 0 spiro atoms. The van der Waals surface area contributed by atoms with Crippen molar-refractivity contribution in [3.05, 3.63) is 12.2 Å². The summed E-state index contributed by atoms with van der Waals surface area (Å²) in [5.74, 6) is -0.00434. The molecule has 0 aromatic carbocycles. The number of allylic oxidation sites excluding steroid dienone is 2. The maximum Gasteiger partial charge on any atom is 0.305 e. The van der Waals surface area contributed by atoms with E-state index in [1.807, 2.05) is 0 Å². The smallest absolute Gasteiger partial charge is 0.305 e. The number of hydrogen-bond donors (Lipinski definition) is 3. The van der Waals surface area contributed by atoms with Gasteiger partial charge in [-0.2, -0.15) is 0 Å². The summed E-state index contributed by atoms with van der Waals surface area (Å²) >= 11 is 0. The first-order chi connectivity index (χ1) is 41.0. The van der Waals surface area contributed by atoms with E-state index >= 15 is 0 Å². The van der Waals surface area contributed by atoms with E-state index < -0.39 is 12.1 Å². The van der Waals surface area contributed by atoms with E-state index in [1.165, 1.54) is 372 Å². The van der Waals surface area contributed by atoms with E-state index in [0.29, 0.717) is 25.9 Å². The highest BCUT2D eigenvalue weighted by Gasteiger charge is 2.20. The number of carbonyl (C=O) groups excluding carboxylic acids is 2. The van der Waals surface area contributed by atoms with Crippen molar-refractivity contribution in [2.45, 2.75) is 456 Å². The zero-order valence-electron chi connectivity index (χ0n) is 56.7. The standard InChI is InChI=1S/C77H151NO5/c1-3-5-7-9-11-13-15-17-19-20-38-42-45-49-53-57-61-65-69-75(80)74(73-79)78-76(81)70-66-62-58-54-50-46-43-39-36-34-32-30-28-26-24-22-21-23-25-27-29-31-33-35-37-40-44-48-52-56-60-64-68-72-83-77(82)71-67-63-59-55-51-47-41-18-16-14-12-10-8-6-4-2/h25,27,74-75,79-80H,3-24,26,28-73H2,1-2H3,(H,78,81)/b27-25-. The number of aliphatic hydroxyl groups is 2. The van der Waals surface area contributed by atoms with Crippen LogP contribution in [-0.2, 0) is 14.3 Å². The van der Waals surface area contributed by atoms with E-state index in [-0.39, 0.29) is 18.5 Å². The highest BCUT2D eigenvalue weighted by atomic mass is 16.5. The van der Waals surface area contributed by atoms with Crippen LogP contribution in [-0.4, -0.2) is 47.4 Å². The van der Waals surface area contributed by atoms with E-state index in [2.05, 4.69) is 31.3 Å². The van der Waals surface area contributed by atoms with Crippen LogP contribution in [0.4, 0.5) is 0 Å². The number of aliphatic hydroxyl groups excluding tert-OH is 2. The molecule has 0 aliphatic rings. The summed E-state index contributed by atoms with van der Waals surface area (Å²) in [6.07, 6.45) is 91.5. The molecule has 0 aromatic heterocycles. The zero-order valence-corrected chi connectivity index (χ0v) is 56.7. The summed E-state index contributed by atoms with van der Waals surface area (Å²) in [5, 5.41) is 23.4. The molecule has 83 heavy (non-hydrogen) atoms. The summed E-state index contributed by atoms with van der Waals surface area (Å²) in [6, 6.07) is -0.539. The predicted molar refractivity (Wildman–Crippen MR) is 366 cm³/mol. The second kappa shape index (κ2) is 73.1. The highest BCUT2D eigenvalue weighted by molar-refractivity contribution is 5.76. The van der Waals surface area contributed by atoms with Crippen LogP contribution in [0.3, 0.4) is 0 Å². The number of ether oxygens (including phenoxy) is 1. The fourth-order valence-electron chi connectivity index (χ4n) is 12.5. The van der Waals surface area contributed by atoms with Gasteiger partial charge in [0.25, 0.3) is 0 Å². The first-order valence-electron chi connectivity index (χ1n) is 38.4. The van der Waals surface area contributed by atoms with Crippen LogP contribution in [0, 0.1) is 0 Å². The number of nitrogens with one attached hydrogen (secondary N) is 1. The molecule has 3 N–H and O–H groups in total. The third-order valence-electron chi connectivity index (χ3n) is 18.3. The fraction of sp³-hybridized carbons (Fsp3) is 0.948. The molecule has 0 saturated heterocycles. The van der Waals surface area contributed by atoms with E-state index in [1.54, 1.807) is 0 Å². The minimum absolute atomic E-state index is 0.0228. The average molecular weight is 1170 g/mol. The van der Waals surface area contributed by atoms with Gasteiger partial charge in [0.05, 0.1) is 25.4 Å². The van der Waals surface area contributed by atoms with Crippen LogP contribution < -0.4 is 5.32 Å². The number of hydrogen-bond acceptors (Lipinski definition) is 5.